The van der Waals surface area contributed by atoms with Gasteiger partial charge in [-0.3, -0.25) is 4.57 Å². The van der Waals surface area contributed by atoms with Crippen LogP contribution in [0.1, 0.15) is 17.9 Å². The van der Waals surface area contributed by atoms with Gasteiger partial charge in [-0.05, 0) is 30.3 Å². The lowest BCUT2D eigenvalue weighted by Gasteiger charge is -2.08. The number of hydrogen-bond acceptors (Lipinski definition) is 5. The van der Waals surface area contributed by atoms with Gasteiger partial charge >= 0.3 is 12.5 Å². The summed E-state index contributed by atoms with van der Waals surface area (Å²) >= 11 is 0. The van der Waals surface area contributed by atoms with Crippen LogP contribution in [0.25, 0.3) is 17.1 Å². The van der Waals surface area contributed by atoms with Crippen molar-refractivity contribution in [3.63, 3.8) is 0 Å². The lowest BCUT2D eigenvalue weighted by atomic mass is 10.2. The molecule has 28 heavy (non-hydrogen) atoms. The summed E-state index contributed by atoms with van der Waals surface area (Å²) in [5.74, 6) is 0.413. The molecule has 0 atom stereocenters. The molecule has 8 heteroatoms. The molecule has 2 aromatic carbocycles. The maximum absolute atomic E-state index is 13.4. The molecular weight excluding hydrogens is 370 g/mol. The van der Waals surface area contributed by atoms with Crippen LogP contribution in [-0.4, -0.2) is 29.7 Å². The number of nitrogens with zero attached hydrogens (tertiary/aromatic N) is 2. The Balaban J connectivity index is 1.72. The molecule has 3 aromatic rings. The summed E-state index contributed by atoms with van der Waals surface area (Å²) in [6.07, 6.45) is 2.70. The third-order valence-corrected chi connectivity index (χ3v) is 4.05. The SMILES string of the molecule is COc1ccc(/C=C/C(=O)OCc2nc3ccccc3n2C(F)F)c(OC)c1. The third-order valence-electron chi connectivity index (χ3n) is 4.05. The second-order valence-electron chi connectivity index (χ2n) is 5.71. The minimum Gasteiger partial charge on any atom is -0.497 e. The number of fused-ring (bicyclic) bond motifs is 1. The number of carbonyl (C=O) groups is 1. The zero-order valence-electron chi connectivity index (χ0n) is 15.3. The molecule has 0 bridgehead atoms. The molecule has 6 nitrogen and oxygen atoms in total. The normalized spacial score (nSPS) is 11.3. The fraction of sp³-hybridized carbons (Fsp3) is 0.200. The number of ether oxygens (including phenoxy) is 3. The van der Waals surface area contributed by atoms with Crippen molar-refractivity contribution >= 4 is 23.1 Å². The summed E-state index contributed by atoms with van der Waals surface area (Å²) < 4.78 is 42.9. The van der Waals surface area contributed by atoms with Crippen LogP contribution in [0.3, 0.4) is 0 Å². The fourth-order valence-electron chi connectivity index (χ4n) is 2.71. The number of rotatable bonds is 7. The van der Waals surface area contributed by atoms with E-state index in [4.69, 9.17) is 14.2 Å². The first kappa shape index (κ1) is 19.3. The topological polar surface area (TPSA) is 62.6 Å². The fourth-order valence-corrected chi connectivity index (χ4v) is 2.71. The van der Waals surface area contributed by atoms with E-state index in [2.05, 4.69) is 4.98 Å². The van der Waals surface area contributed by atoms with E-state index in [0.717, 1.165) is 4.57 Å². The number of imidazole rings is 1. The number of esters is 1. The number of aromatic nitrogens is 2. The zero-order valence-corrected chi connectivity index (χ0v) is 15.3. The van der Waals surface area contributed by atoms with E-state index >= 15 is 0 Å². The quantitative estimate of drug-likeness (QED) is 0.448. The molecule has 0 N–H and O–H groups in total. The first-order chi connectivity index (χ1) is 13.5. The van der Waals surface area contributed by atoms with Gasteiger partial charge in [-0.15, -0.1) is 0 Å². The number of methoxy groups -OCH3 is 2. The number of halogens is 2. The number of para-hydroxylation sites is 2. The Morgan fingerprint density at radius 3 is 2.68 bits per heavy atom. The Kier molecular flexibility index (Phi) is 5.88. The molecule has 0 spiro atoms. The van der Waals surface area contributed by atoms with Gasteiger partial charge in [0.2, 0.25) is 0 Å². The Labute approximate surface area is 160 Å². The molecule has 0 fully saturated rings. The highest BCUT2D eigenvalue weighted by Crippen LogP contribution is 2.26. The molecule has 0 aliphatic heterocycles. The minimum absolute atomic E-state index is 0.0278. The first-order valence-corrected chi connectivity index (χ1v) is 8.34. The molecular formula is C20H18F2N2O4. The van der Waals surface area contributed by atoms with Gasteiger partial charge < -0.3 is 14.2 Å². The van der Waals surface area contributed by atoms with E-state index in [0.29, 0.717) is 22.6 Å². The Morgan fingerprint density at radius 2 is 1.96 bits per heavy atom. The Hall–Kier alpha value is -3.42. The van der Waals surface area contributed by atoms with E-state index in [1.54, 1.807) is 36.4 Å². The van der Waals surface area contributed by atoms with Crippen LogP contribution in [-0.2, 0) is 16.1 Å². The van der Waals surface area contributed by atoms with Crippen molar-refractivity contribution < 1.29 is 27.8 Å². The summed E-state index contributed by atoms with van der Waals surface area (Å²) in [4.78, 5) is 16.1. The van der Waals surface area contributed by atoms with Gasteiger partial charge in [0.05, 0.1) is 25.3 Å². The average molecular weight is 388 g/mol. The zero-order chi connectivity index (χ0) is 20.1. The monoisotopic (exact) mass is 388 g/mol. The Morgan fingerprint density at radius 1 is 1.18 bits per heavy atom. The molecule has 1 aromatic heterocycles. The largest absolute Gasteiger partial charge is 0.497 e. The smallest absolute Gasteiger partial charge is 0.331 e. The summed E-state index contributed by atoms with van der Waals surface area (Å²) in [6.45, 7) is -3.16. The van der Waals surface area contributed by atoms with Crippen molar-refractivity contribution in [3.05, 3.63) is 59.9 Å². The second-order valence-corrected chi connectivity index (χ2v) is 5.71. The van der Waals surface area contributed by atoms with Crippen LogP contribution in [0.5, 0.6) is 11.5 Å². The summed E-state index contributed by atoms with van der Waals surface area (Å²) in [6, 6.07) is 11.6. The number of carbonyl (C=O) groups excluding carboxylic acids is 1. The maximum atomic E-state index is 13.4. The van der Waals surface area contributed by atoms with Crippen molar-refractivity contribution in [1.29, 1.82) is 0 Å². The first-order valence-electron chi connectivity index (χ1n) is 8.34. The standard InChI is InChI=1S/C20H18F2N2O4/c1-26-14-9-7-13(17(11-14)27-2)8-10-19(25)28-12-18-23-15-5-3-4-6-16(15)24(18)20(21)22/h3-11,20H,12H2,1-2H3/b10-8+. The van der Waals surface area contributed by atoms with Crippen LogP contribution < -0.4 is 9.47 Å². The van der Waals surface area contributed by atoms with Gasteiger partial charge in [0.1, 0.15) is 18.1 Å². The van der Waals surface area contributed by atoms with E-state index in [9.17, 15) is 13.6 Å². The number of benzene rings is 2. The maximum Gasteiger partial charge on any atom is 0.331 e. The molecule has 3 rings (SSSR count). The van der Waals surface area contributed by atoms with Crippen LogP contribution in [0.4, 0.5) is 8.78 Å². The molecule has 0 unspecified atom stereocenters. The summed E-state index contributed by atoms with van der Waals surface area (Å²) in [5.41, 5.74) is 1.33. The van der Waals surface area contributed by atoms with Gasteiger partial charge in [-0.2, -0.15) is 8.78 Å². The van der Waals surface area contributed by atoms with Crippen molar-refractivity contribution in [2.75, 3.05) is 14.2 Å². The van der Waals surface area contributed by atoms with Gasteiger partial charge in [-0.1, -0.05) is 12.1 Å². The predicted octanol–water partition coefficient (Wildman–Crippen LogP) is 4.21. The second kappa shape index (κ2) is 8.51. The highest BCUT2D eigenvalue weighted by molar-refractivity contribution is 5.87. The molecule has 0 aliphatic carbocycles. The van der Waals surface area contributed by atoms with Crippen LogP contribution in [0.15, 0.2) is 48.5 Å². The van der Waals surface area contributed by atoms with Gasteiger partial charge in [-0.25, -0.2) is 9.78 Å². The van der Waals surface area contributed by atoms with Crippen molar-refractivity contribution in [2.45, 2.75) is 13.2 Å². The van der Waals surface area contributed by atoms with Gasteiger partial charge in [0.15, 0.2) is 5.82 Å². The van der Waals surface area contributed by atoms with Crippen LogP contribution >= 0.6 is 0 Å². The average Bonchev–Trinajstić information content (AvgIpc) is 3.09. The predicted molar refractivity (Wildman–Crippen MR) is 99.4 cm³/mol. The molecule has 146 valence electrons. The van der Waals surface area contributed by atoms with Gasteiger partial charge in [0.25, 0.3) is 0 Å². The molecule has 0 saturated carbocycles. The van der Waals surface area contributed by atoms with Crippen molar-refractivity contribution in [3.8, 4) is 11.5 Å². The van der Waals surface area contributed by atoms with E-state index in [-0.39, 0.29) is 17.9 Å². The highest BCUT2D eigenvalue weighted by atomic mass is 19.3. The Bertz CT molecular complexity index is 1010. The molecule has 1 heterocycles. The minimum atomic E-state index is -2.79. The van der Waals surface area contributed by atoms with E-state index in [1.807, 2.05) is 0 Å². The molecule has 0 radical (unpaired) electrons. The third kappa shape index (κ3) is 4.11. The molecule has 0 amide bonds. The number of hydrogen-bond donors (Lipinski definition) is 0. The summed E-state index contributed by atoms with van der Waals surface area (Å²) in [7, 11) is 3.04. The van der Waals surface area contributed by atoms with Crippen LogP contribution in [0.2, 0.25) is 0 Å². The lowest BCUT2D eigenvalue weighted by Crippen LogP contribution is -2.09. The highest BCUT2D eigenvalue weighted by Gasteiger charge is 2.18. The van der Waals surface area contributed by atoms with E-state index in [1.165, 1.54) is 32.4 Å². The van der Waals surface area contributed by atoms with Gasteiger partial charge in [0, 0.05) is 17.7 Å². The van der Waals surface area contributed by atoms with Crippen molar-refractivity contribution in [2.24, 2.45) is 0 Å². The lowest BCUT2D eigenvalue weighted by molar-refractivity contribution is -0.139. The molecule has 0 saturated heterocycles. The van der Waals surface area contributed by atoms with Crippen LogP contribution in [0, 0.1) is 0 Å². The van der Waals surface area contributed by atoms with E-state index < -0.39 is 12.5 Å². The van der Waals surface area contributed by atoms with Crippen molar-refractivity contribution in [1.82, 2.24) is 9.55 Å². The molecule has 0 aliphatic rings. The summed E-state index contributed by atoms with van der Waals surface area (Å²) in [5, 5.41) is 0. The number of alkyl halides is 2.